The van der Waals surface area contributed by atoms with Gasteiger partial charge >= 0.3 is 0 Å². The lowest BCUT2D eigenvalue weighted by atomic mass is 10.1. The monoisotopic (exact) mass is 316 g/mol. The van der Waals surface area contributed by atoms with Crippen molar-refractivity contribution in [2.45, 2.75) is 11.0 Å². The number of amidine groups is 1. The average Bonchev–Trinajstić information content (AvgIpc) is 2.81. The number of benzene rings is 2. The van der Waals surface area contributed by atoms with E-state index in [0.29, 0.717) is 17.9 Å². The topological polar surface area (TPSA) is 67.8 Å². The van der Waals surface area contributed by atoms with E-state index >= 15 is 0 Å². The number of nitrogens with one attached hydrogen (secondary N) is 1. The van der Waals surface area contributed by atoms with Crippen molar-refractivity contribution in [2.24, 2.45) is 4.99 Å². The van der Waals surface area contributed by atoms with E-state index < -0.39 is 10.0 Å². The van der Waals surface area contributed by atoms with Crippen molar-refractivity contribution in [3.05, 3.63) is 65.7 Å². The number of ether oxygens (including phenoxy) is 1. The lowest BCUT2D eigenvalue weighted by molar-refractivity contribution is 0.111. The molecule has 5 nitrogen and oxygen atoms in total. The highest BCUT2D eigenvalue weighted by Gasteiger charge is 2.30. The molecular weight excluding hydrogens is 300 g/mol. The maximum atomic E-state index is 12.0. The Balaban J connectivity index is 1.88. The van der Waals surface area contributed by atoms with Gasteiger partial charge in [0.25, 0.3) is 10.0 Å². The summed E-state index contributed by atoms with van der Waals surface area (Å²) in [5.74, 6) is 0.369. The normalized spacial score (nSPS) is 18.7. The minimum atomic E-state index is -3.50. The van der Waals surface area contributed by atoms with Crippen LogP contribution in [0.3, 0.4) is 0 Å². The van der Waals surface area contributed by atoms with Crippen molar-refractivity contribution in [1.82, 2.24) is 4.72 Å². The minimum absolute atomic E-state index is 0.217. The van der Waals surface area contributed by atoms with Gasteiger partial charge in [-0.3, -0.25) is 9.71 Å². The Hall–Kier alpha value is -2.18. The Bertz CT molecular complexity index is 801. The van der Waals surface area contributed by atoms with Gasteiger partial charge in [0.2, 0.25) is 0 Å². The first kappa shape index (κ1) is 14.7. The van der Waals surface area contributed by atoms with Crippen LogP contribution in [-0.4, -0.2) is 27.9 Å². The first-order chi connectivity index (χ1) is 10.6. The van der Waals surface area contributed by atoms with E-state index in [1.54, 1.807) is 31.4 Å². The van der Waals surface area contributed by atoms with Crippen molar-refractivity contribution in [3.8, 4) is 0 Å². The molecule has 3 rings (SSSR count). The van der Waals surface area contributed by atoms with Gasteiger partial charge in [-0.25, -0.2) is 8.42 Å². The summed E-state index contributed by atoms with van der Waals surface area (Å²) >= 11 is 0. The van der Waals surface area contributed by atoms with Crippen LogP contribution < -0.4 is 4.72 Å². The highest BCUT2D eigenvalue weighted by atomic mass is 32.2. The fourth-order valence-electron chi connectivity index (χ4n) is 2.41. The lowest BCUT2D eigenvalue weighted by Gasteiger charge is -2.13. The zero-order valence-electron chi connectivity index (χ0n) is 12.1. The number of hydrogen-bond donors (Lipinski definition) is 1. The Morgan fingerprint density at radius 2 is 1.77 bits per heavy atom. The molecule has 0 amide bonds. The predicted octanol–water partition coefficient (Wildman–Crippen LogP) is 2.11. The lowest BCUT2D eigenvalue weighted by Crippen LogP contribution is -2.23. The van der Waals surface area contributed by atoms with Gasteiger partial charge in [-0.15, -0.1) is 0 Å². The number of rotatable bonds is 4. The maximum Gasteiger partial charge on any atom is 0.263 e. The fraction of sp³-hybridized carbons (Fsp3) is 0.188. The van der Waals surface area contributed by atoms with Crippen LogP contribution in [0.5, 0.6) is 0 Å². The molecule has 1 atom stereocenters. The number of methoxy groups -OCH3 is 1. The van der Waals surface area contributed by atoms with Crippen molar-refractivity contribution in [2.75, 3.05) is 13.7 Å². The number of hydrogen-bond acceptors (Lipinski definition) is 4. The zero-order valence-corrected chi connectivity index (χ0v) is 12.9. The molecular formula is C16H16N2O3S. The Kier molecular flexibility index (Phi) is 3.96. The number of nitrogens with zero attached hydrogens (tertiary/aromatic N) is 1. The summed E-state index contributed by atoms with van der Waals surface area (Å²) < 4.78 is 32.0. The van der Waals surface area contributed by atoms with E-state index in [1.807, 2.05) is 30.3 Å². The second-order valence-corrected chi connectivity index (χ2v) is 6.58. The molecule has 2 aromatic rings. The van der Waals surface area contributed by atoms with Crippen molar-refractivity contribution in [3.63, 3.8) is 0 Å². The molecule has 0 saturated carbocycles. The van der Waals surface area contributed by atoms with Crippen molar-refractivity contribution in [1.29, 1.82) is 0 Å². The molecule has 22 heavy (non-hydrogen) atoms. The highest BCUT2D eigenvalue weighted by Crippen LogP contribution is 2.23. The summed E-state index contributed by atoms with van der Waals surface area (Å²) in [5.41, 5.74) is 1.61. The summed E-state index contributed by atoms with van der Waals surface area (Å²) in [6.45, 7) is 0.340. The van der Waals surface area contributed by atoms with Crippen LogP contribution in [-0.2, 0) is 14.8 Å². The molecule has 0 aliphatic carbocycles. The molecule has 6 heteroatoms. The first-order valence-corrected chi connectivity index (χ1v) is 8.34. The van der Waals surface area contributed by atoms with E-state index in [9.17, 15) is 8.42 Å². The smallest absolute Gasteiger partial charge is 0.263 e. The fourth-order valence-corrected chi connectivity index (χ4v) is 3.66. The third-order valence-electron chi connectivity index (χ3n) is 3.53. The van der Waals surface area contributed by atoms with Crippen LogP contribution in [0, 0.1) is 0 Å². The Morgan fingerprint density at radius 3 is 2.50 bits per heavy atom. The van der Waals surface area contributed by atoms with Crippen LogP contribution in [0.15, 0.2) is 64.5 Å². The molecule has 1 aliphatic rings. The van der Waals surface area contributed by atoms with Gasteiger partial charge in [-0.1, -0.05) is 42.5 Å². The molecule has 114 valence electrons. The van der Waals surface area contributed by atoms with Crippen LogP contribution in [0.25, 0.3) is 0 Å². The average molecular weight is 316 g/mol. The highest BCUT2D eigenvalue weighted by molar-refractivity contribution is 7.90. The quantitative estimate of drug-likeness (QED) is 0.939. The van der Waals surface area contributed by atoms with E-state index in [1.165, 1.54) is 0 Å². The number of aliphatic imine (C=N–C) groups is 1. The van der Waals surface area contributed by atoms with E-state index in [-0.39, 0.29) is 11.0 Å². The second-order valence-electron chi connectivity index (χ2n) is 4.93. The molecule has 1 N–H and O–H groups in total. The molecule has 0 radical (unpaired) electrons. The standard InChI is InChI=1S/C16H16N2O3S/c1-21-14(12-7-3-2-4-8-12)11-17-16-13-9-5-6-10-15(13)22(19,20)18-16/h2-10,14H,11H2,1H3,(H,17,18)/t14-/m0/s1. The van der Waals surface area contributed by atoms with Gasteiger partial charge in [0.05, 0.1) is 11.4 Å². The van der Waals surface area contributed by atoms with Gasteiger partial charge in [0.1, 0.15) is 11.9 Å². The maximum absolute atomic E-state index is 12.0. The molecule has 0 saturated heterocycles. The minimum Gasteiger partial charge on any atom is -0.375 e. The summed E-state index contributed by atoms with van der Waals surface area (Å²) in [4.78, 5) is 4.68. The Morgan fingerprint density at radius 1 is 1.09 bits per heavy atom. The van der Waals surface area contributed by atoms with Crippen LogP contribution in [0.4, 0.5) is 0 Å². The van der Waals surface area contributed by atoms with Gasteiger partial charge in [0.15, 0.2) is 0 Å². The Labute approximate surface area is 129 Å². The van der Waals surface area contributed by atoms with E-state index in [2.05, 4.69) is 9.71 Å². The zero-order chi connectivity index (χ0) is 15.6. The third-order valence-corrected chi connectivity index (χ3v) is 4.93. The largest absolute Gasteiger partial charge is 0.375 e. The number of fused-ring (bicyclic) bond motifs is 1. The third kappa shape index (κ3) is 2.75. The van der Waals surface area contributed by atoms with Gasteiger partial charge < -0.3 is 4.74 Å². The van der Waals surface area contributed by atoms with Gasteiger partial charge in [-0.2, -0.15) is 0 Å². The second kappa shape index (κ2) is 5.90. The first-order valence-electron chi connectivity index (χ1n) is 6.86. The van der Waals surface area contributed by atoms with Crippen LogP contribution in [0.1, 0.15) is 17.2 Å². The van der Waals surface area contributed by atoms with E-state index in [4.69, 9.17) is 4.74 Å². The van der Waals surface area contributed by atoms with Gasteiger partial charge in [0, 0.05) is 12.7 Å². The summed E-state index contributed by atoms with van der Waals surface area (Å²) in [6.07, 6.45) is -0.217. The van der Waals surface area contributed by atoms with E-state index in [0.717, 1.165) is 5.56 Å². The molecule has 1 heterocycles. The summed E-state index contributed by atoms with van der Waals surface area (Å²) in [5, 5.41) is 0. The van der Waals surface area contributed by atoms with Gasteiger partial charge in [-0.05, 0) is 17.7 Å². The summed E-state index contributed by atoms with van der Waals surface area (Å²) in [7, 11) is -1.88. The van der Waals surface area contributed by atoms with Crippen LogP contribution >= 0.6 is 0 Å². The molecule has 0 bridgehead atoms. The summed E-state index contributed by atoms with van der Waals surface area (Å²) in [6, 6.07) is 16.5. The molecule has 0 spiro atoms. The molecule has 0 aromatic heterocycles. The van der Waals surface area contributed by atoms with Crippen LogP contribution in [0.2, 0.25) is 0 Å². The molecule has 0 unspecified atom stereocenters. The number of sulfonamides is 1. The van der Waals surface area contributed by atoms with Crippen molar-refractivity contribution < 1.29 is 13.2 Å². The molecule has 1 aliphatic heterocycles. The SMILES string of the molecule is CO[C@@H](CN=C1NS(=O)(=O)c2ccccc21)c1ccccc1. The molecule has 2 aromatic carbocycles. The van der Waals surface area contributed by atoms with Crippen molar-refractivity contribution >= 4 is 15.9 Å². The molecule has 0 fully saturated rings. The predicted molar refractivity (Wildman–Crippen MR) is 84.4 cm³/mol.